The number of pyridine rings is 1. The molecule has 3 aliphatic rings. The topological polar surface area (TPSA) is 56.8 Å². The molecule has 4 heterocycles. The molecule has 30 heavy (non-hydrogen) atoms. The van der Waals surface area contributed by atoms with Crippen LogP contribution < -0.4 is 9.80 Å². The Bertz CT molecular complexity index is 990. The highest BCUT2D eigenvalue weighted by Crippen LogP contribution is 2.36. The summed E-state index contributed by atoms with van der Waals surface area (Å²) in [6.45, 7) is 5.69. The number of aromatic nitrogens is 1. The highest BCUT2D eigenvalue weighted by molar-refractivity contribution is 5.96. The maximum Gasteiger partial charge on any atom is 0.227 e. The van der Waals surface area contributed by atoms with Crippen molar-refractivity contribution < 1.29 is 9.59 Å². The Morgan fingerprint density at radius 3 is 2.53 bits per heavy atom. The lowest BCUT2D eigenvalue weighted by atomic mass is 9.96. The van der Waals surface area contributed by atoms with E-state index in [0.717, 1.165) is 55.1 Å². The van der Waals surface area contributed by atoms with Crippen LogP contribution in [0.1, 0.15) is 25.3 Å². The summed E-state index contributed by atoms with van der Waals surface area (Å²) in [5, 5.41) is 0. The minimum Gasteiger partial charge on any atom is -0.370 e. The monoisotopic (exact) mass is 404 g/mol. The van der Waals surface area contributed by atoms with Crippen LogP contribution in [-0.4, -0.2) is 54.9 Å². The van der Waals surface area contributed by atoms with Gasteiger partial charge in [-0.3, -0.25) is 14.6 Å². The Morgan fingerprint density at radius 2 is 1.80 bits per heavy atom. The van der Waals surface area contributed by atoms with E-state index in [0.29, 0.717) is 24.7 Å². The second-order valence-electron chi connectivity index (χ2n) is 8.81. The second kappa shape index (κ2) is 7.42. The number of rotatable bonds is 3. The van der Waals surface area contributed by atoms with E-state index in [1.165, 1.54) is 5.56 Å². The number of amides is 2. The van der Waals surface area contributed by atoms with E-state index >= 15 is 0 Å². The van der Waals surface area contributed by atoms with Gasteiger partial charge >= 0.3 is 0 Å². The molecular formula is C24H28N4O2. The van der Waals surface area contributed by atoms with Crippen molar-refractivity contribution in [1.29, 1.82) is 0 Å². The first-order valence-electron chi connectivity index (χ1n) is 10.9. The van der Waals surface area contributed by atoms with Crippen LogP contribution in [0, 0.1) is 11.8 Å². The van der Waals surface area contributed by atoms with E-state index in [4.69, 9.17) is 0 Å². The summed E-state index contributed by atoms with van der Waals surface area (Å²) in [6, 6.07) is 8.56. The van der Waals surface area contributed by atoms with E-state index in [-0.39, 0.29) is 11.8 Å². The Kier molecular flexibility index (Phi) is 4.72. The van der Waals surface area contributed by atoms with Crippen LogP contribution in [0.25, 0.3) is 11.1 Å². The van der Waals surface area contributed by atoms with Gasteiger partial charge in [0.25, 0.3) is 0 Å². The minimum absolute atomic E-state index is 0.178. The SMILES string of the molecule is CCC(=O)N1C[C@H]2CN(c3cncc(-c4ccc5c(c4)CCC(=O)N5C)c3)C[C@@H]2C1. The van der Waals surface area contributed by atoms with Crippen molar-refractivity contribution in [2.75, 3.05) is 43.0 Å². The number of likely N-dealkylation sites (tertiary alicyclic amines) is 1. The van der Waals surface area contributed by atoms with Crippen LogP contribution in [0.3, 0.4) is 0 Å². The lowest BCUT2D eigenvalue weighted by Crippen LogP contribution is -2.32. The molecule has 2 fully saturated rings. The van der Waals surface area contributed by atoms with Gasteiger partial charge in [0.1, 0.15) is 0 Å². The molecule has 0 unspecified atom stereocenters. The lowest BCUT2D eigenvalue weighted by Gasteiger charge is -2.26. The molecule has 0 radical (unpaired) electrons. The van der Waals surface area contributed by atoms with Gasteiger partial charge in [0.15, 0.2) is 0 Å². The Hall–Kier alpha value is -2.89. The van der Waals surface area contributed by atoms with Crippen LogP contribution in [0.2, 0.25) is 0 Å². The van der Waals surface area contributed by atoms with E-state index in [1.807, 2.05) is 37.3 Å². The highest BCUT2D eigenvalue weighted by atomic mass is 16.2. The molecule has 0 saturated carbocycles. The van der Waals surface area contributed by atoms with Crippen molar-refractivity contribution in [2.45, 2.75) is 26.2 Å². The van der Waals surface area contributed by atoms with Crippen LogP contribution in [0.5, 0.6) is 0 Å². The number of carbonyl (C=O) groups is 2. The number of hydrogen-bond donors (Lipinski definition) is 0. The molecule has 156 valence electrons. The molecule has 2 saturated heterocycles. The van der Waals surface area contributed by atoms with E-state index < -0.39 is 0 Å². The molecular weight excluding hydrogens is 376 g/mol. The fraction of sp³-hybridized carbons (Fsp3) is 0.458. The third-order valence-corrected chi connectivity index (χ3v) is 6.99. The van der Waals surface area contributed by atoms with Crippen molar-refractivity contribution in [3.63, 3.8) is 0 Å². The van der Waals surface area contributed by atoms with Crippen molar-refractivity contribution in [2.24, 2.45) is 11.8 Å². The zero-order valence-electron chi connectivity index (χ0n) is 17.7. The third kappa shape index (κ3) is 3.24. The van der Waals surface area contributed by atoms with Gasteiger partial charge < -0.3 is 14.7 Å². The standard InChI is InChI=1S/C24H28N4O2/c1-3-23(29)28-14-19-12-27(13-20(19)15-28)21-9-18(10-25-11-21)16-4-6-22-17(8-16)5-7-24(30)26(22)2/h4,6,8-11,19-20H,3,5,7,12-15H2,1-2H3/t19-,20-/m1/s1. The Balaban J connectivity index is 1.34. The number of carbonyl (C=O) groups excluding carboxylic acids is 2. The molecule has 2 atom stereocenters. The maximum absolute atomic E-state index is 12.0. The predicted octanol–water partition coefficient (Wildman–Crippen LogP) is 2.96. The summed E-state index contributed by atoms with van der Waals surface area (Å²) in [4.78, 5) is 34.7. The molecule has 0 bridgehead atoms. The summed E-state index contributed by atoms with van der Waals surface area (Å²) in [7, 11) is 1.85. The van der Waals surface area contributed by atoms with Gasteiger partial charge in [-0.15, -0.1) is 0 Å². The van der Waals surface area contributed by atoms with E-state index in [2.05, 4.69) is 28.1 Å². The van der Waals surface area contributed by atoms with Crippen LogP contribution in [0.4, 0.5) is 11.4 Å². The first-order chi connectivity index (χ1) is 14.5. The Labute approximate surface area is 177 Å². The second-order valence-corrected chi connectivity index (χ2v) is 8.81. The van der Waals surface area contributed by atoms with Crippen LogP contribution in [-0.2, 0) is 16.0 Å². The maximum atomic E-state index is 12.0. The predicted molar refractivity (Wildman–Crippen MR) is 117 cm³/mol. The number of aryl methyl sites for hydroxylation is 1. The van der Waals surface area contributed by atoms with Crippen molar-refractivity contribution in [3.8, 4) is 11.1 Å². The van der Waals surface area contributed by atoms with Gasteiger partial charge in [-0.05, 0) is 35.7 Å². The largest absolute Gasteiger partial charge is 0.370 e. The number of anilines is 2. The summed E-state index contributed by atoms with van der Waals surface area (Å²) < 4.78 is 0. The van der Waals surface area contributed by atoms with Crippen molar-refractivity contribution >= 4 is 23.2 Å². The molecule has 5 rings (SSSR count). The molecule has 1 aromatic carbocycles. The Morgan fingerprint density at radius 1 is 1.03 bits per heavy atom. The van der Waals surface area contributed by atoms with E-state index in [9.17, 15) is 9.59 Å². The van der Waals surface area contributed by atoms with Crippen LogP contribution in [0.15, 0.2) is 36.7 Å². The average Bonchev–Trinajstić information content (AvgIpc) is 3.35. The quantitative estimate of drug-likeness (QED) is 0.789. The smallest absolute Gasteiger partial charge is 0.227 e. The van der Waals surface area contributed by atoms with Gasteiger partial charge in [0, 0.05) is 75.4 Å². The molecule has 6 nitrogen and oxygen atoms in total. The van der Waals surface area contributed by atoms with Gasteiger partial charge in [-0.1, -0.05) is 13.0 Å². The molecule has 1 aromatic heterocycles. The zero-order chi connectivity index (χ0) is 20.8. The van der Waals surface area contributed by atoms with Crippen molar-refractivity contribution in [1.82, 2.24) is 9.88 Å². The molecule has 0 N–H and O–H groups in total. The van der Waals surface area contributed by atoms with E-state index in [1.54, 1.807) is 4.90 Å². The molecule has 0 aliphatic carbocycles. The molecule has 3 aliphatic heterocycles. The molecule has 2 aromatic rings. The van der Waals surface area contributed by atoms with Gasteiger partial charge in [-0.2, -0.15) is 0 Å². The normalized spacial score (nSPS) is 23.0. The minimum atomic E-state index is 0.178. The first kappa shape index (κ1) is 19.1. The summed E-state index contributed by atoms with van der Waals surface area (Å²) in [5.41, 5.74) is 5.63. The number of benzene rings is 1. The van der Waals surface area contributed by atoms with Crippen molar-refractivity contribution in [3.05, 3.63) is 42.2 Å². The molecule has 0 spiro atoms. The average molecular weight is 405 g/mol. The van der Waals surface area contributed by atoms with Gasteiger partial charge in [-0.25, -0.2) is 0 Å². The number of hydrogen-bond acceptors (Lipinski definition) is 4. The zero-order valence-corrected chi connectivity index (χ0v) is 17.7. The fourth-order valence-electron chi connectivity index (χ4n) is 5.23. The fourth-order valence-corrected chi connectivity index (χ4v) is 5.23. The van der Waals surface area contributed by atoms with Crippen LogP contribution >= 0.6 is 0 Å². The summed E-state index contributed by atoms with van der Waals surface area (Å²) in [6.07, 6.45) is 5.83. The molecule has 2 amide bonds. The summed E-state index contributed by atoms with van der Waals surface area (Å²) >= 11 is 0. The number of nitrogens with zero attached hydrogens (tertiary/aromatic N) is 4. The van der Waals surface area contributed by atoms with Gasteiger partial charge in [0.05, 0.1) is 11.9 Å². The lowest BCUT2D eigenvalue weighted by molar-refractivity contribution is -0.130. The molecule has 6 heteroatoms. The summed E-state index contributed by atoms with van der Waals surface area (Å²) in [5.74, 6) is 1.57. The third-order valence-electron chi connectivity index (χ3n) is 6.99. The highest BCUT2D eigenvalue weighted by Gasteiger charge is 2.41. The first-order valence-corrected chi connectivity index (χ1v) is 10.9. The number of fused-ring (bicyclic) bond motifs is 2. The van der Waals surface area contributed by atoms with Gasteiger partial charge in [0.2, 0.25) is 11.8 Å².